The molecule has 0 aliphatic carbocycles. The highest BCUT2D eigenvalue weighted by Crippen LogP contribution is 2.14. The van der Waals surface area contributed by atoms with Crippen molar-refractivity contribution in [3.8, 4) is 0 Å². The number of carbonyl (C=O) groups is 2. The maximum Gasteiger partial charge on any atom is 0.413 e. The van der Waals surface area contributed by atoms with Crippen molar-refractivity contribution in [2.24, 2.45) is 10.9 Å². The number of amides is 2. The van der Waals surface area contributed by atoms with E-state index in [2.05, 4.69) is 20.9 Å². The zero-order chi connectivity index (χ0) is 21.2. The molecule has 2 rings (SSSR count). The second-order valence-corrected chi connectivity index (χ2v) is 7.16. The van der Waals surface area contributed by atoms with Crippen molar-refractivity contribution in [1.82, 2.24) is 16.0 Å². The second-order valence-electron chi connectivity index (χ2n) is 7.16. The number of nitrogens with zero attached hydrogens (tertiary/aromatic N) is 1. The Labute approximate surface area is 167 Å². The van der Waals surface area contributed by atoms with Crippen LogP contribution in [0.4, 0.5) is 4.79 Å². The Kier molecular flexibility index (Phi) is 9.78. The number of nitrogens with one attached hydrogen (secondary N) is 3. The van der Waals surface area contributed by atoms with Gasteiger partial charge in [0.1, 0.15) is 11.6 Å². The molecule has 1 saturated heterocycles. The number of hydrogen-bond donors (Lipinski definition) is 3. The van der Waals surface area contributed by atoms with Crippen LogP contribution in [0.15, 0.2) is 17.0 Å². The number of carbonyl (C=O) groups excluding carboxylic acids is 2. The van der Waals surface area contributed by atoms with Crippen LogP contribution in [0.2, 0.25) is 0 Å². The molecule has 160 valence electrons. The Bertz CT molecular complexity index is 577. The molecule has 0 aromatic rings. The fourth-order valence-electron chi connectivity index (χ4n) is 2.59. The van der Waals surface area contributed by atoms with Gasteiger partial charge in [-0.15, -0.1) is 0 Å². The zero-order valence-corrected chi connectivity index (χ0v) is 17.8. The molecule has 28 heavy (non-hydrogen) atoms. The predicted octanol–water partition coefficient (Wildman–Crippen LogP) is 1.90. The summed E-state index contributed by atoms with van der Waals surface area (Å²) >= 11 is 0. The minimum absolute atomic E-state index is 0.00668. The Morgan fingerprint density at radius 2 is 1.93 bits per heavy atom. The molecule has 0 spiro atoms. The Morgan fingerprint density at radius 3 is 2.50 bits per heavy atom. The van der Waals surface area contributed by atoms with Gasteiger partial charge in [0.05, 0.1) is 7.11 Å². The molecule has 2 amide bonds. The molecule has 0 bridgehead atoms. The summed E-state index contributed by atoms with van der Waals surface area (Å²) in [7, 11) is 1.49. The summed E-state index contributed by atoms with van der Waals surface area (Å²) < 4.78 is 15.7. The number of rotatable bonds is 4. The number of aliphatic imine (C=N–C) groups is 1. The monoisotopic (exact) mass is 398 g/mol. The largest absolute Gasteiger partial charge is 0.482 e. The van der Waals surface area contributed by atoms with E-state index in [0.717, 1.165) is 12.8 Å². The van der Waals surface area contributed by atoms with E-state index >= 15 is 0 Å². The van der Waals surface area contributed by atoms with E-state index in [9.17, 15) is 9.59 Å². The molecule has 0 aromatic carbocycles. The molecular weight excluding hydrogens is 364 g/mol. The van der Waals surface area contributed by atoms with E-state index in [4.69, 9.17) is 14.2 Å². The third-order valence-electron chi connectivity index (χ3n) is 3.86. The van der Waals surface area contributed by atoms with Crippen molar-refractivity contribution >= 4 is 17.9 Å². The minimum Gasteiger partial charge on any atom is -0.482 e. The second kappa shape index (κ2) is 11.5. The molecule has 0 saturated carbocycles. The van der Waals surface area contributed by atoms with Gasteiger partial charge < -0.3 is 24.8 Å². The van der Waals surface area contributed by atoms with E-state index < -0.39 is 11.7 Å². The molecule has 3 N–H and O–H groups in total. The van der Waals surface area contributed by atoms with Gasteiger partial charge in [0.25, 0.3) is 0 Å². The molecule has 9 heteroatoms. The molecule has 2 heterocycles. The van der Waals surface area contributed by atoms with E-state index in [0.29, 0.717) is 25.7 Å². The molecular formula is C19H34N4O5. The van der Waals surface area contributed by atoms with Crippen LogP contribution in [0.25, 0.3) is 0 Å². The predicted molar refractivity (Wildman–Crippen MR) is 107 cm³/mol. The summed E-state index contributed by atoms with van der Waals surface area (Å²) in [6.07, 6.45) is 2.42. The van der Waals surface area contributed by atoms with Gasteiger partial charge in [0.15, 0.2) is 5.82 Å². The number of hydrogen-bond acceptors (Lipinski definition) is 7. The van der Waals surface area contributed by atoms with Crippen LogP contribution in [0.5, 0.6) is 0 Å². The molecule has 2 aliphatic heterocycles. The van der Waals surface area contributed by atoms with Crippen LogP contribution in [0.3, 0.4) is 0 Å². The summed E-state index contributed by atoms with van der Waals surface area (Å²) in [6.45, 7) is 10.9. The topological polar surface area (TPSA) is 110 Å². The highest BCUT2D eigenvalue weighted by Gasteiger charge is 2.26. The summed E-state index contributed by atoms with van der Waals surface area (Å²) in [5.41, 5.74) is -0.600. The Morgan fingerprint density at radius 1 is 1.29 bits per heavy atom. The molecule has 1 fully saturated rings. The lowest BCUT2D eigenvalue weighted by Gasteiger charge is -2.26. The normalized spacial score (nSPS) is 19.7. The lowest BCUT2D eigenvalue weighted by atomic mass is 9.99. The van der Waals surface area contributed by atoms with Gasteiger partial charge in [-0.2, -0.15) is 4.99 Å². The quantitative estimate of drug-likeness (QED) is 0.667. The Hall–Kier alpha value is -2.29. The van der Waals surface area contributed by atoms with Crippen molar-refractivity contribution in [2.45, 2.75) is 59.1 Å². The molecule has 9 nitrogen and oxygen atoms in total. The maximum absolute atomic E-state index is 12.2. The fraction of sp³-hybridized carbons (Fsp3) is 0.737. The van der Waals surface area contributed by atoms with Crippen molar-refractivity contribution in [1.29, 1.82) is 0 Å². The third-order valence-corrected chi connectivity index (χ3v) is 3.86. The first-order chi connectivity index (χ1) is 13.3. The molecule has 0 radical (unpaired) electrons. The van der Waals surface area contributed by atoms with Crippen molar-refractivity contribution < 1.29 is 23.8 Å². The van der Waals surface area contributed by atoms with Gasteiger partial charge in [0.2, 0.25) is 11.8 Å². The van der Waals surface area contributed by atoms with Gasteiger partial charge >= 0.3 is 6.09 Å². The first-order valence-electron chi connectivity index (χ1n) is 9.73. The van der Waals surface area contributed by atoms with Gasteiger partial charge in [0, 0.05) is 31.9 Å². The number of alkyl carbamates (subject to hydrolysis) is 1. The number of methoxy groups -OCH3 is 1. The van der Waals surface area contributed by atoms with E-state index in [-0.39, 0.29) is 23.7 Å². The summed E-state index contributed by atoms with van der Waals surface area (Å²) in [5, 5.41) is 8.53. The summed E-state index contributed by atoms with van der Waals surface area (Å²) in [6, 6.07) is -0.312. The van der Waals surface area contributed by atoms with Crippen LogP contribution < -0.4 is 16.0 Å². The van der Waals surface area contributed by atoms with E-state index in [1.165, 1.54) is 7.11 Å². The van der Waals surface area contributed by atoms with Gasteiger partial charge in [-0.25, -0.2) is 4.79 Å². The average Bonchev–Trinajstić information content (AvgIpc) is 2.67. The van der Waals surface area contributed by atoms with E-state index in [1.807, 2.05) is 13.8 Å². The van der Waals surface area contributed by atoms with Crippen molar-refractivity contribution in [2.75, 3.05) is 26.9 Å². The van der Waals surface area contributed by atoms with Crippen LogP contribution in [0.1, 0.15) is 47.5 Å². The van der Waals surface area contributed by atoms with Crippen molar-refractivity contribution in [3.05, 3.63) is 12.0 Å². The maximum atomic E-state index is 12.2. The lowest BCUT2D eigenvalue weighted by molar-refractivity contribution is -0.127. The smallest absolute Gasteiger partial charge is 0.413 e. The first kappa shape index (κ1) is 23.7. The Balaban J connectivity index is 0.00000190. The molecule has 1 atom stereocenters. The van der Waals surface area contributed by atoms with Gasteiger partial charge in [-0.3, -0.25) is 10.1 Å². The summed E-state index contributed by atoms with van der Waals surface area (Å²) in [4.78, 5) is 28.3. The van der Waals surface area contributed by atoms with E-state index in [1.54, 1.807) is 27.0 Å². The number of ether oxygens (including phenoxy) is 3. The lowest BCUT2D eigenvalue weighted by Crippen LogP contribution is -2.48. The van der Waals surface area contributed by atoms with Crippen LogP contribution in [-0.2, 0) is 19.0 Å². The SMILES string of the molecule is CC.COC1=NC(NC(=O)OC(C)(C)C)=CNC1CNC(=O)C1CCOCC1. The fourth-order valence-corrected chi connectivity index (χ4v) is 2.59. The first-order valence-corrected chi connectivity index (χ1v) is 9.73. The molecule has 0 aromatic heterocycles. The van der Waals surface area contributed by atoms with Crippen molar-refractivity contribution in [3.63, 3.8) is 0 Å². The highest BCUT2D eigenvalue weighted by molar-refractivity contribution is 5.86. The summed E-state index contributed by atoms with van der Waals surface area (Å²) in [5.74, 6) is 0.636. The van der Waals surface area contributed by atoms with Gasteiger partial charge in [-0.1, -0.05) is 13.8 Å². The van der Waals surface area contributed by atoms with Crippen LogP contribution in [0, 0.1) is 5.92 Å². The standard InChI is InChI=1S/C17H28N4O5.C2H6/c1-17(2,3)26-16(23)21-13-10-18-12(15(20-13)24-4)9-19-14(22)11-5-7-25-8-6-11;1-2/h10-12,18H,5-9H2,1-4H3,(H,19,22)(H,21,23);1-2H3. The van der Waals surface area contributed by atoms with Crippen LogP contribution in [-0.4, -0.2) is 56.4 Å². The molecule has 2 aliphatic rings. The van der Waals surface area contributed by atoms with Crippen LogP contribution >= 0.6 is 0 Å². The van der Waals surface area contributed by atoms with Gasteiger partial charge in [-0.05, 0) is 33.6 Å². The molecule has 1 unspecified atom stereocenters. The minimum atomic E-state index is -0.601. The zero-order valence-electron chi connectivity index (χ0n) is 17.8. The highest BCUT2D eigenvalue weighted by atomic mass is 16.6. The average molecular weight is 399 g/mol. The third kappa shape index (κ3) is 8.16.